The van der Waals surface area contributed by atoms with Crippen LogP contribution in [0.3, 0.4) is 0 Å². The molecule has 1 N–H and O–H groups in total. The Bertz CT molecular complexity index is 779. The first-order valence-electron chi connectivity index (χ1n) is 9.30. The maximum Gasteiger partial charge on any atom is 0.274 e. The van der Waals surface area contributed by atoms with Crippen LogP contribution in [0.1, 0.15) is 43.1 Å². The van der Waals surface area contributed by atoms with Crippen molar-refractivity contribution in [3.05, 3.63) is 36.0 Å². The number of carbonyl (C=O) groups excluding carboxylic acids is 1. The largest absolute Gasteiger partial charge is 0.497 e. The summed E-state index contributed by atoms with van der Waals surface area (Å²) in [5.74, 6) is 1.84. The molecule has 1 aromatic heterocycles. The Balaban J connectivity index is 1.73. The summed E-state index contributed by atoms with van der Waals surface area (Å²) < 4.78 is 10.6. The highest BCUT2D eigenvalue weighted by molar-refractivity contribution is 5.92. The van der Waals surface area contributed by atoms with Crippen LogP contribution in [0.5, 0.6) is 11.5 Å². The average molecular weight is 370 g/mol. The maximum absolute atomic E-state index is 12.8. The van der Waals surface area contributed by atoms with E-state index < -0.39 is 0 Å². The van der Waals surface area contributed by atoms with Gasteiger partial charge in [0.15, 0.2) is 11.5 Å². The highest BCUT2D eigenvalue weighted by Crippen LogP contribution is 2.31. The van der Waals surface area contributed by atoms with Crippen LogP contribution in [0.4, 0.5) is 11.5 Å². The number of carbonyl (C=O) groups is 1. The molecule has 1 aliphatic heterocycles. The average Bonchev–Trinajstić information content (AvgIpc) is 2.74. The van der Waals surface area contributed by atoms with Crippen molar-refractivity contribution >= 4 is 17.4 Å². The molecule has 7 nitrogen and oxygen atoms in total. The molecule has 7 heteroatoms. The molecule has 0 radical (unpaired) electrons. The van der Waals surface area contributed by atoms with Gasteiger partial charge in [0.1, 0.15) is 11.5 Å². The van der Waals surface area contributed by atoms with E-state index in [0.717, 1.165) is 31.5 Å². The van der Waals surface area contributed by atoms with Crippen molar-refractivity contribution in [2.45, 2.75) is 38.6 Å². The lowest BCUT2D eigenvalue weighted by Crippen LogP contribution is -2.43. The highest BCUT2D eigenvalue weighted by Gasteiger charge is 2.27. The topological polar surface area (TPSA) is 76.6 Å². The van der Waals surface area contributed by atoms with E-state index in [1.165, 1.54) is 6.42 Å². The van der Waals surface area contributed by atoms with Crippen LogP contribution in [0, 0.1) is 0 Å². The zero-order chi connectivity index (χ0) is 19.2. The van der Waals surface area contributed by atoms with Gasteiger partial charge in [-0.05, 0) is 49.9 Å². The standard InChI is InChI=1S/C20H26N4O3/c1-4-14-7-5-6-12-24(14)20(25)17-10-11-19(23-22-17)21-16-9-8-15(26-2)13-18(16)27-3/h8-11,13-14H,4-7,12H2,1-3H3,(H,21,23). The molecule has 0 aliphatic carbocycles. The first kappa shape index (κ1) is 18.9. The second-order valence-corrected chi connectivity index (χ2v) is 6.55. The van der Waals surface area contributed by atoms with E-state index in [1.54, 1.807) is 32.4 Å². The minimum Gasteiger partial charge on any atom is -0.497 e. The number of nitrogens with one attached hydrogen (secondary N) is 1. The van der Waals surface area contributed by atoms with Crippen molar-refractivity contribution in [1.82, 2.24) is 15.1 Å². The summed E-state index contributed by atoms with van der Waals surface area (Å²) in [5.41, 5.74) is 1.12. The molecule has 1 unspecified atom stereocenters. The van der Waals surface area contributed by atoms with E-state index in [1.807, 2.05) is 17.0 Å². The number of aromatic nitrogens is 2. The highest BCUT2D eigenvalue weighted by atomic mass is 16.5. The van der Waals surface area contributed by atoms with E-state index in [9.17, 15) is 4.79 Å². The fourth-order valence-electron chi connectivity index (χ4n) is 3.39. The Kier molecular flexibility index (Phi) is 6.11. The maximum atomic E-state index is 12.8. The van der Waals surface area contributed by atoms with E-state index in [0.29, 0.717) is 29.1 Å². The Morgan fingerprint density at radius 1 is 1.19 bits per heavy atom. The molecule has 1 fully saturated rings. The zero-order valence-corrected chi connectivity index (χ0v) is 16.1. The second kappa shape index (κ2) is 8.70. The van der Waals surface area contributed by atoms with Crippen LogP contribution in [-0.4, -0.2) is 47.8 Å². The van der Waals surface area contributed by atoms with Gasteiger partial charge in [-0.15, -0.1) is 10.2 Å². The minimum atomic E-state index is -0.0392. The lowest BCUT2D eigenvalue weighted by Gasteiger charge is -2.34. The number of hydrogen-bond acceptors (Lipinski definition) is 6. The van der Waals surface area contributed by atoms with Crippen LogP contribution in [0.2, 0.25) is 0 Å². The smallest absolute Gasteiger partial charge is 0.274 e. The van der Waals surface area contributed by atoms with Crippen LogP contribution < -0.4 is 14.8 Å². The SMILES string of the molecule is CCC1CCCCN1C(=O)c1ccc(Nc2ccc(OC)cc2OC)nn1. The molecule has 27 heavy (non-hydrogen) atoms. The Morgan fingerprint density at radius 2 is 2.04 bits per heavy atom. The number of rotatable bonds is 6. The molecule has 1 amide bonds. The summed E-state index contributed by atoms with van der Waals surface area (Å²) in [7, 11) is 3.20. The molecule has 0 bridgehead atoms. The third-order valence-electron chi connectivity index (χ3n) is 4.91. The summed E-state index contributed by atoms with van der Waals surface area (Å²) in [6.45, 7) is 2.92. The monoisotopic (exact) mass is 370 g/mol. The van der Waals surface area contributed by atoms with E-state index in [-0.39, 0.29) is 5.91 Å². The van der Waals surface area contributed by atoms with Crippen LogP contribution in [0.25, 0.3) is 0 Å². The summed E-state index contributed by atoms with van der Waals surface area (Å²) in [4.78, 5) is 14.7. The van der Waals surface area contributed by atoms with Gasteiger partial charge in [-0.25, -0.2) is 0 Å². The third-order valence-corrected chi connectivity index (χ3v) is 4.91. The predicted octanol–water partition coefficient (Wildman–Crippen LogP) is 3.64. The number of piperidine rings is 1. The lowest BCUT2D eigenvalue weighted by molar-refractivity contribution is 0.0601. The van der Waals surface area contributed by atoms with Gasteiger partial charge >= 0.3 is 0 Å². The molecule has 0 saturated carbocycles. The third kappa shape index (κ3) is 4.30. The van der Waals surface area contributed by atoms with Crippen LogP contribution >= 0.6 is 0 Å². The molecule has 2 aromatic rings. The van der Waals surface area contributed by atoms with Gasteiger partial charge in [-0.1, -0.05) is 6.92 Å². The molecular weight excluding hydrogens is 344 g/mol. The molecule has 1 aromatic carbocycles. The van der Waals surface area contributed by atoms with Crippen LogP contribution in [0.15, 0.2) is 30.3 Å². The molecule has 1 aliphatic rings. The fourth-order valence-corrected chi connectivity index (χ4v) is 3.39. The number of nitrogens with zero attached hydrogens (tertiary/aromatic N) is 3. The summed E-state index contributed by atoms with van der Waals surface area (Å²) in [5, 5.41) is 11.5. The van der Waals surface area contributed by atoms with Crippen molar-refractivity contribution in [1.29, 1.82) is 0 Å². The van der Waals surface area contributed by atoms with Crippen molar-refractivity contribution in [2.24, 2.45) is 0 Å². The van der Waals surface area contributed by atoms with Crippen molar-refractivity contribution in [3.8, 4) is 11.5 Å². The number of methoxy groups -OCH3 is 2. The quantitative estimate of drug-likeness (QED) is 0.836. The van der Waals surface area contributed by atoms with E-state index in [2.05, 4.69) is 22.4 Å². The summed E-state index contributed by atoms with van der Waals surface area (Å²) in [6.07, 6.45) is 4.26. The first-order valence-corrected chi connectivity index (χ1v) is 9.30. The van der Waals surface area contributed by atoms with E-state index >= 15 is 0 Å². The molecule has 144 valence electrons. The minimum absolute atomic E-state index is 0.0392. The van der Waals surface area contributed by atoms with Gasteiger partial charge in [-0.2, -0.15) is 0 Å². The predicted molar refractivity (Wildman–Crippen MR) is 104 cm³/mol. The number of likely N-dealkylation sites (tertiary alicyclic amines) is 1. The van der Waals surface area contributed by atoms with Crippen molar-refractivity contribution < 1.29 is 14.3 Å². The van der Waals surface area contributed by atoms with Gasteiger partial charge in [-0.3, -0.25) is 4.79 Å². The Morgan fingerprint density at radius 3 is 2.70 bits per heavy atom. The second-order valence-electron chi connectivity index (χ2n) is 6.55. The van der Waals surface area contributed by atoms with E-state index in [4.69, 9.17) is 9.47 Å². The number of hydrogen-bond donors (Lipinski definition) is 1. The van der Waals surface area contributed by atoms with Crippen LogP contribution in [-0.2, 0) is 0 Å². The number of amides is 1. The van der Waals surface area contributed by atoms with Gasteiger partial charge in [0, 0.05) is 18.7 Å². The number of anilines is 2. The van der Waals surface area contributed by atoms with Crippen molar-refractivity contribution in [2.75, 3.05) is 26.1 Å². The summed E-state index contributed by atoms with van der Waals surface area (Å²) in [6, 6.07) is 9.24. The van der Waals surface area contributed by atoms with Gasteiger partial charge < -0.3 is 19.7 Å². The Hall–Kier alpha value is -2.83. The Labute approximate surface area is 159 Å². The van der Waals surface area contributed by atoms with Gasteiger partial charge in [0.25, 0.3) is 5.91 Å². The van der Waals surface area contributed by atoms with Gasteiger partial charge in [0.2, 0.25) is 0 Å². The normalized spacial score (nSPS) is 16.7. The molecule has 1 atom stereocenters. The van der Waals surface area contributed by atoms with Crippen molar-refractivity contribution in [3.63, 3.8) is 0 Å². The molecule has 0 spiro atoms. The molecule has 3 rings (SSSR count). The number of benzene rings is 1. The summed E-state index contributed by atoms with van der Waals surface area (Å²) >= 11 is 0. The molecule has 1 saturated heterocycles. The fraction of sp³-hybridized carbons (Fsp3) is 0.450. The molecular formula is C20H26N4O3. The zero-order valence-electron chi connectivity index (χ0n) is 16.1. The number of ether oxygens (including phenoxy) is 2. The first-order chi connectivity index (χ1) is 13.2. The molecule has 2 heterocycles. The van der Waals surface area contributed by atoms with Gasteiger partial charge in [0.05, 0.1) is 19.9 Å². The lowest BCUT2D eigenvalue weighted by atomic mass is 9.99.